The van der Waals surface area contributed by atoms with Gasteiger partial charge in [-0.15, -0.1) is 0 Å². The number of hydrogen-bond acceptors (Lipinski definition) is 4. The number of benzene rings is 2. The first kappa shape index (κ1) is 19.3. The van der Waals surface area contributed by atoms with Gasteiger partial charge in [0.15, 0.2) is 0 Å². The lowest BCUT2D eigenvalue weighted by Crippen LogP contribution is -2.43. The average Bonchev–Trinajstić information content (AvgIpc) is 2.90. The zero-order valence-corrected chi connectivity index (χ0v) is 15.3. The fraction of sp³-hybridized carbons (Fsp3) is 0.250. The molecule has 0 aliphatic carbocycles. The molecule has 2 aromatic carbocycles. The molecule has 0 spiro atoms. The fourth-order valence-corrected chi connectivity index (χ4v) is 2.89. The molecule has 4 amide bonds. The Bertz CT molecular complexity index is 873. The number of urea groups is 1. The van der Waals surface area contributed by atoms with E-state index in [1.807, 2.05) is 18.2 Å². The first-order valence-corrected chi connectivity index (χ1v) is 8.75. The molecule has 0 bridgehead atoms. The van der Waals surface area contributed by atoms with E-state index in [1.165, 1.54) is 31.2 Å². The SMILES string of the molecule is CC1(c2ccc(F)cc2)NC(=O)N(CC(=O)NCCOc2ccccc2)C1=O. The number of hydrogen-bond donors (Lipinski definition) is 2. The number of halogens is 1. The van der Waals surface area contributed by atoms with Crippen LogP contribution in [0.5, 0.6) is 5.75 Å². The van der Waals surface area contributed by atoms with Crippen LogP contribution in [0.15, 0.2) is 54.6 Å². The number of nitrogens with one attached hydrogen (secondary N) is 2. The molecule has 8 heteroatoms. The van der Waals surface area contributed by atoms with Crippen LogP contribution in [-0.4, -0.2) is 42.4 Å². The third kappa shape index (κ3) is 4.11. The Morgan fingerprint density at radius 3 is 2.50 bits per heavy atom. The normalized spacial score (nSPS) is 18.7. The van der Waals surface area contributed by atoms with Gasteiger partial charge in [-0.1, -0.05) is 30.3 Å². The maximum absolute atomic E-state index is 13.1. The number of ether oxygens (including phenoxy) is 1. The summed E-state index contributed by atoms with van der Waals surface area (Å²) in [5, 5.41) is 5.18. The Kier molecular flexibility index (Phi) is 5.58. The van der Waals surface area contributed by atoms with Crippen LogP contribution in [0.2, 0.25) is 0 Å². The monoisotopic (exact) mass is 385 g/mol. The van der Waals surface area contributed by atoms with Crippen molar-refractivity contribution in [2.45, 2.75) is 12.5 Å². The highest BCUT2D eigenvalue weighted by Gasteiger charge is 2.49. The molecule has 0 radical (unpaired) electrons. The average molecular weight is 385 g/mol. The zero-order valence-electron chi connectivity index (χ0n) is 15.3. The van der Waals surface area contributed by atoms with Crippen LogP contribution < -0.4 is 15.4 Å². The minimum absolute atomic E-state index is 0.229. The van der Waals surface area contributed by atoms with E-state index in [0.29, 0.717) is 11.3 Å². The summed E-state index contributed by atoms with van der Waals surface area (Å²) < 4.78 is 18.6. The van der Waals surface area contributed by atoms with Crippen LogP contribution in [0.25, 0.3) is 0 Å². The molecule has 7 nitrogen and oxygen atoms in total. The van der Waals surface area contributed by atoms with Gasteiger partial charge in [0, 0.05) is 0 Å². The Labute approximate surface area is 161 Å². The van der Waals surface area contributed by atoms with Gasteiger partial charge in [-0.25, -0.2) is 9.18 Å². The number of para-hydroxylation sites is 1. The largest absolute Gasteiger partial charge is 0.492 e. The van der Waals surface area contributed by atoms with Crippen molar-refractivity contribution in [2.75, 3.05) is 19.7 Å². The van der Waals surface area contributed by atoms with Gasteiger partial charge in [0.1, 0.15) is 30.3 Å². The second-order valence-electron chi connectivity index (χ2n) is 6.46. The van der Waals surface area contributed by atoms with Crippen molar-refractivity contribution in [3.8, 4) is 5.75 Å². The molecule has 2 N–H and O–H groups in total. The number of imide groups is 1. The van der Waals surface area contributed by atoms with E-state index in [0.717, 1.165) is 4.90 Å². The molecule has 1 aliphatic rings. The van der Waals surface area contributed by atoms with Gasteiger partial charge in [0.05, 0.1) is 6.54 Å². The molecule has 1 heterocycles. The molecule has 3 rings (SSSR count). The lowest BCUT2D eigenvalue weighted by molar-refractivity contribution is -0.134. The molecule has 1 saturated heterocycles. The van der Waals surface area contributed by atoms with Crippen molar-refractivity contribution in [1.82, 2.24) is 15.5 Å². The summed E-state index contributed by atoms with van der Waals surface area (Å²) >= 11 is 0. The Morgan fingerprint density at radius 1 is 1.14 bits per heavy atom. The number of carbonyl (C=O) groups excluding carboxylic acids is 3. The van der Waals surface area contributed by atoms with E-state index in [2.05, 4.69) is 10.6 Å². The van der Waals surface area contributed by atoms with Gasteiger partial charge in [-0.05, 0) is 36.8 Å². The van der Waals surface area contributed by atoms with Crippen LogP contribution in [0, 0.1) is 5.82 Å². The Balaban J connectivity index is 1.53. The van der Waals surface area contributed by atoms with Crippen molar-refractivity contribution in [3.05, 3.63) is 66.0 Å². The van der Waals surface area contributed by atoms with E-state index in [-0.39, 0.29) is 13.2 Å². The predicted molar refractivity (Wildman–Crippen MR) is 98.9 cm³/mol. The van der Waals surface area contributed by atoms with E-state index < -0.39 is 35.7 Å². The zero-order chi connectivity index (χ0) is 20.1. The molecule has 146 valence electrons. The van der Waals surface area contributed by atoms with E-state index in [1.54, 1.807) is 12.1 Å². The lowest BCUT2D eigenvalue weighted by atomic mass is 9.92. The summed E-state index contributed by atoms with van der Waals surface area (Å²) in [6.45, 7) is 1.59. The maximum atomic E-state index is 13.1. The Morgan fingerprint density at radius 2 is 1.82 bits per heavy atom. The van der Waals surface area contributed by atoms with Gasteiger partial charge in [-0.2, -0.15) is 0 Å². The smallest absolute Gasteiger partial charge is 0.325 e. The van der Waals surface area contributed by atoms with Crippen molar-refractivity contribution in [3.63, 3.8) is 0 Å². The third-order valence-corrected chi connectivity index (χ3v) is 4.43. The minimum atomic E-state index is -1.35. The van der Waals surface area contributed by atoms with Crippen LogP contribution in [0.1, 0.15) is 12.5 Å². The van der Waals surface area contributed by atoms with Crippen molar-refractivity contribution in [2.24, 2.45) is 0 Å². The number of nitrogens with zero attached hydrogens (tertiary/aromatic N) is 1. The Hall–Kier alpha value is -3.42. The van der Waals surface area contributed by atoms with Gasteiger partial charge in [0.2, 0.25) is 5.91 Å². The number of rotatable bonds is 7. The highest BCUT2D eigenvalue weighted by atomic mass is 19.1. The van der Waals surface area contributed by atoms with Crippen molar-refractivity contribution < 1.29 is 23.5 Å². The van der Waals surface area contributed by atoms with Gasteiger partial charge in [0.25, 0.3) is 5.91 Å². The highest BCUT2D eigenvalue weighted by molar-refractivity contribution is 6.09. The molecule has 1 unspecified atom stereocenters. The number of carbonyl (C=O) groups is 3. The summed E-state index contributed by atoms with van der Waals surface area (Å²) in [6, 6.07) is 13.7. The van der Waals surface area contributed by atoms with Crippen molar-refractivity contribution >= 4 is 17.8 Å². The molecule has 0 aromatic heterocycles. The number of amides is 4. The van der Waals surface area contributed by atoms with Crippen molar-refractivity contribution in [1.29, 1.82) is 0 Å². The topological polar surface area (TPSA) is 87.7 Å². The summed E-state index contributed by atoms with van der Waals surface area (Å²) in [5.74, 6) is -0.817. The first-order chi connectivity index (χ1) is 13.4. The predicted octanol–water partition coefficient (Wildman–Crippen LogP) is 1.79. The molecule has 1 fully saturated rings. The van der Waals surface area contributed by atoms with Gasteiger partial charge >= 0.3 is 6.03 Å². The standard InChI is InChI=1S/C20H20FN3O4/c1-20(14-7-9-15(21)10-8-14)18(26)24(19(27)23-20)13-17(25)22-11-12-28-16-5-3-2-4-6-16/h2-10H,11-13H2,1H3,(H,22,25)(H,23,27). The maximum Gasteiger partial charge on any atom is 0.325 e. The molecular formula is C20H20FN3O4. The molecular weight excluding hydrogens is 365 g/mol. The molecule has 2 aromatic rings. The second kappa shape index (κ2) is 8.08. The third-order valence-electron chi connectivity index (χ3n) is 4.43. The molecule has 1 atom stereocenters. The quantitative estimate of drug-likeness (QED) is 0.562. The first-order valence-electron chi connectivity index (χ1n) is 8.75. The van der Waals surface area contributed by atoms with Gasteiger partial charge < -0.3 is 15.4 Å². The second-order valence-corrected chi connectivity index (χ2v) is 6.46. The lowest BCUT2D eigenvalue weighted by Gasteiger charge is -2.22. The molecule has 0 saturated carbocycles. The van der Waals surface area contributed by atoms with Crippen LogP contribution >= 0.6 is 0 Å². The van der Waals surface area contributed by atoms with Gasteiger partial charge in [-0.3, -0.25) is 14.5 Å². The summed E-state index contributed by atoms with van der Waals surface area (Å²) in [4.78, 5) is 37.9. The van der Waals surface area contributed by atoms with Crippen LogP contribution in [-0.2, 0) is 15.1 Å². The van der Waals surface area contributed by atoms with E-state index >= 15 is 0 Å². The minimum Gasteiger partial charge on any atom is -0.492 e. The van der Waals surface area contributed by atoms with E-state index in [4.69, 9.17) is 4.74 Å². The summed E-state index contributed by atoms with van der Waals surface area (Å²) in [7, 11) is 0. The molecule has 1 aliphatic heterocycles. The fourth-order valence-electron chi connectivity index (χ4n) is 2.89. The molecule has 28 heavy (non-hydrogen) atoms. The van der Waals surface area contributed by atoms with Crippen LogP contribution in [0.3, 0.4) is 0 Å². The van der Waals surface area contributed by atoms with Crippen LogP contribution in [0.4, 0.5) is 9.18 Å². The highest BCUT2D eigenvalue weighted by Crippen LogP contribution is 2.28. The summed E-state index contributed by atoms with van der Waals surface area (Å²) in [5.41, 5.74) is -0.909. The van der Waals surface area contributed by atoms with E-state index in [9.17, 15) is 18.8 Å². The summed E-state index contributed by atoms with van der Waals surface area (Å²) in [6.07, 6.45) is 0.